The molecule has 4 nitrogen and oxygen atoms in total. The van der Waals surface area contributed by atoms with Gasteiger partial charge in [0.15, 0.2) is 0 Å². The van der Waals surface area contributed by atoms with E-state index in [0.29, 0.717) is 11.7 Å². The Labute approximate surface area is 119 Å². The SMILES string of the molecule is CCc1nn(CC)c(CS(=O)CC2CNC2)c1Br. The number of nitrogens with zero attached hydrogens (tertiary/aromatic N) is 2. The second-order valence-corrected chi connectivity index (χ2v) is 6.95. The highest BCUT2D eigenvalue weighted by Crippen LogP contribution is 2.24. The molecule has 0 saturated carbocycles. The Hall–Kier alpha value is -0.200. The second kappa shape index (κ2) is 6.30. The van der Waals surface area contributed by atoms with Gasteiger partial charge in [-0.3, -0.25) is 8.89 Å². The number of halogens is 1. The first kappa shape index (κ1) is 14.2. The topological polar surface area (TPSA) is 46.9 Å². The summed E-state index contributed by atoms with van der Waals surface area (Å²) in [5.74, 6) is 2.00. The van der Waals surface area contributed by atoms with Gasteiger partial charge >= 0.3 is 0 Å². The summed E-state index contributed by atoms with van der Waals surface area (Å²) in [4.78, 5) is 0. The van der Waals surface area contributed by atoms with Gasteiger partial charge in [-0.15, -0.1) is 0 Å². The number of nitrogens with one attached hydrogen (secondary N) is 1. The van der Waals surface area contributed by atoms with E-state index in [4.69, 9.17) is 0 Å². The smallest absolute Gasteiger partial charge is 0.0767 e. The van der Waals surface area contributed by atoms with Crippen molar-refractivity contribution >= 4 is 26.7 Å². The summed E-state index contributed by atoms with van der Waals surface area (Å²) in [6.45, 7) is 7.02. The lowest BCUT2D eigenvalue weighted by atomic mass is 10.1. The Morgan fingerprint density at radius 3 is 2.72 bits per heavy atom. The monoisotopic (exact) mass is 333 g/mol. The molecule has 1 aromatic rings. The van der Waals surface area contributed by atoms with E-state index in [-0.39, 0.29) is 0 Å². The molecule has 2 rings (SSSR count). The summed E-state index contributed by atoms with van der Waals surface area (Å²) >= 11 is 3.60. The molecular formula is C12H20BrN3OS. The average Bonchev–Trinajstić information content (AvgIpc) is 2.61. The van der Waals surface area contributed by atoms with Crippen LogP contribution in [0, 0.1) is 5.92 Å². The van der Waals surface area contributed by atoms with Gasteiger partial charge in [-0.25, -0.2) is 0 Å². The average molecular weight is 334 g/mol. The van der Waals surface area contributed by atoms with Crippen LogP contribution in [-0.4, -0.2) is 32.8 Å². The first-order chi connectivity index (χ1) is 8.65. The Balaban J connectivity index is 2.06. The minimum Gasteiger partial charge on any atom is -0.316 e. The molecule has 0 aromatic carbocycles. The van der Waals surface area contributed by atoms with Gasteiger partial charge in [-0.05, 0) is 35.2 Å². The highest BCUT2D eigenvalue weighted by atomic mass is 79.9. The minimum atomic E-state index is -0.791. The van der Waals surface area contributed by atoms with Crippen LogP contribution in [0.3, 0.4) is 0 Å². The third-order valence-electron chi connectivity index (χ3n) is 3.28. The summed E-state index contributed by atoms with van der Waals surface area (Å²) in [6, 6.07) is 0. The first-order valence-corrected chi connectivity index (χ1v) is 8.73. The van der Waals surface area contributed by atoms with E-state index in [1.54, 1.807) is 0 Å². The largest absolute Gasteiger partial charge is 0.316 e. The molecule has 1 saturated heterocycles. The van der Waals surface area contributed by atoms with Gasteiger partial charge in [-0.1, -0.05) is 6.92 Å². The van der Waals surface area contributed by atoms with Crippen LogP contribution in [-0.2, 0) is 29.5 Å². The van der Waals surface area contributed by atoms with Gasteiger partial charge < -0.3 is 5.32 Å². The maximum absolute atomic E-state index is 12.2. The van der Waals surface area contributed by atoms with Crippen molar-refractivity contribution in [3.8, 4) is 0 Å². The van der Waals surface area contributed by atoms with Crippen LogP contribution in [0.5, 0.6) is 0 Å². The molecule has 1 fully saturated rings. The number of rotatable bonds is 6. The molecule has 1 aliphatic rings. The molecule has 0 bridgehead atoms. The van der Waals surface area contributed by atoms with Gasteiger partial charge in [0.25, 0.3) is 0 Å². The molecule has 2 heterocycles. The van der Waals surface area contributed by atoms with Crippen molar-refractivity contribution in [3.05, 3.63) is 15.9 Å². The Bertz CT molecular complexity index is 443. The van der Waals surface area contributed by atoms with Gasteiger partial charge in [0.2, 0.25) is 0 Å². The normalized spacial score (nSPS) is 17.7. The molecular weight excluding hydrogens is 314 g/mol. The molecule has 102 valence electrons. The van der Waals surface area contributed by atoms with Crippen molar-refractivity contribution < 1.29 is 4.21 Å². The van der Waals surface area contributed by atoms with Crippen molar-refractivity contribution in [2.24, 2.45) is 5.92 Å². The number of hydrogen-bond acceptors (Lipinski definition) is 3. The zero-order valence-corrected chi connectivity index (χ0v) is 13.3. The maximum atomic E-state index is 12.2. The van der Waals surface area contributed by atoms with Crippen molar-refractivity contribution in [2.45, 2.75) is 32.6 Å². The van der Waals surface area contributed by atoms with Crippen LogP contribution in [0.25, 0.3) is 0 Å². The Morgan fingerprint density at radius 1 is 1.50 bits per heavy atom. The van der Waals surface area contributed by atoms with E-state index < -0.39 is 10.8 Å². The van der Waals surface area contributed by atoms with E-state index in [1.807, 2.05) is 4.68 Å². The molecule has 1 aromatic heterocycles. The molecule has 18 heavy (non-hydrogen) atoms. The van der Waals surface area contributed by atoms with Crippen LogP contribution < -0.4 is 5.32 Å². The predicted octanol–water partition coefficient (Wildman–Crippen LogP) is 1.70. The van der Waals surface area contributed by atoms with E-state index in [0.717, 1.165) is 47.7 Å². The maximum Gasteiger partial charge on any atom is 0.0767 e. The van der Waals surface area contributed by atoms with Crippen molar-refractivity contribution in [1.29, 1.82) is 0 Å². The van der Waals surface area contributed by atoms with E-state index in [9.17, 15) is 4.21 Å². The number of aryl methyl sites for hydroxylation is 2. The molecule has 6 heteroatoms. The predicted molar refractivity (Wildman–Crippen MR) is 78.1 cm³/mol. The fraction of sp³-hybridized carbons (Fsp3) is 0.750. The van der Waals surface area contributed by atoms with E-state index >= 15 is 0 Å². The third kappa shape index (κ3) is 3.03. The third-order valence-corrected chi connectivity index (χ3v) is 5.63. The van der Waals surface area contributed by atoms with E-state index in [1.165, 1.54) is 0 Å². The zero-order valence-electron chi connectivity index (χ0n) is 10.9. The van der Waals surface area contributed by atoms with Crippen LogP contribution in [0.15, 0.2) is 4.47 Å². The second-order valence-electron chi connectivity index (χ2n) is 4.65. The van der Waals surface area contributed by atoms with Gasteiger partial charge in [0.1, 0.15) is 0 Å². The lowest BCUT2D eigenvalue weighted by Crippen LogP contribution is -2.44. The molecule has 0 aliphatic carbocycles. The van der Waals surface area contributed by atoms with Crippen LogP contribution in [0.4, 0.5) is 0 Å². The summed E-state index contributed by atoms with van der Waals surface area (Å²) in [6.07, 6.45) is 0.903. The minimum absolute atomic E-state index is 0.591. The first-order valence-electron chi connectivity index (χ1n) is 6.45. The molecule has 1 N–H and O–H groups in total. The Kier molecular flexibility index (Phi) is 4.98. The summed E-state index contributed by atoms with van der Waals surface area (Å²) < 4.78 is 15.2. The summed E-state index contributed by atoms with van der Waals surface area (Å²) in [5, 5.41) is 7.75. The molecule has 0 radical (unpaired) electrons. The summed E-state index contributed by atoms with van der Waals surface area (Å²) in [5.41, 5.74) is 2.15. The fourth-order valence-corrected chi connectivity index (χ4v) is 4.46. The molecule has 1 atom stereocenters. The highest BCUT2D eigenvalue weighted by molar-refractivity contribution is 9.10. The molecule has 1 aliphatic heterocycles. The standard InChI is InChI=1S/C12H20BrN3OS/c1-3-10-12(13)11(16(4-2)15-10)8-18(17)7-9-5-14-6-9/h9,14H,3-8H2,1-2H3. The van der Waals surface area contributed by atoms with Crippen molar-refractivity contribution in [2.75, 3.05) is 18.8 Å². The lowest BCUT2D eigenvalue weighted by Gasteiger charge is -2.26. The van der Waals surface area contributed by atoms with E-state index in [2.05, 4.69) is 40.2 Å². The molecule has 1 unspecified atom stereocenters. The summed E-state index contributed by atoms with van der Waals surface area (Å²) in [7, 11) is -0.791. The number of aromatic nitrogens is 2. The quantitative estimate of drug-likeness (QED) is 0.861. The van der Waals surface area contributed by atoms with Crippen molar-refractivity contribution in [3.63, 3.8) is 0 Å². The van der Waals surface area contributed by atoms with Crippen molar-refractivity contribution in [1.82, 2.24) is 15.1 Å². The van der Waals surface area contributed by atoms with Gasteiger partial charge in [0.05, 0.1) is 21.6 Å². The van der Waals surface area contributed by atoms with Gasteiger partial charge in [0, 0.05) is 36.2 Å². The Morgan fingerprint density at radius 2 is 2.22 bits per heavy atom. The van der Waals surface area contributed by atoms with Gasteiger partial charge in [-0.2, -0.15) is 5.10 Å². The van der Waals surface area contributed by atoms with Crippen LogP contribution in [0.1, 0.15) is 25.2 Å². The zero-order chi connectivity index (χ0) is 13.1. The lowest BCUT2D eigenvalue weighted by molar-refractivity contribution is 0.382. The molecule has 0 spiro atoms. The fourth-order valence-electron chi connectivity index (χ4n) is 2.10. The van der Waals surface area contributed by atoms with Crippen LogP contribution in [0.2, 0.25) is 0 Å². The number of hydrogen-bond donors (Lipinski definition) is 1. The van der Waals surface area contributed by atoms with Crippen LogP contribution >= 0.6 is 15.9 Å². The highest BCUT2D eigenvalue weighted by Gasteiger charge is 2.22. The molecule has 0 amide bonds.